The summed E-state index contributed by atoms with van der Waals surface area (Å²) in [5, 5.41) is 7.96. The molecule has 0 aliphatic heterocycles. The number of methoxy groups -OCH3 is 1. The van der Waals surface area contributed by atoms with Crippen LogP contribution in [-0.4, -0.2) is 33.1 Å². The van der Waals surface area contributed by atoms with Crippen molar-refractivity contribution in [3.05, 3.63) is 46.6 Å². The quantitative estimate of drug-likeness (QED) is 0.685. The standard InChI is InChI=1S/C17H18N4O3/c1-10-8-11(2)16(23-4)18-13(10)9-24-17(22)12-6-5-7-14-15(12)19-20-21(14)3/h5-8H,9H2,1-4H3. The molecule has 0 saturated carbocycles. The molecule has 0 atom stereocenters. The van der Waals surface area contributed by atoms with Gasteiger partial charge in [-0.1, -0.05) is 11.3 Å². The van der Waals surface area contributed by atoms with Crippen molar-refractivity contribution < 1.29 is 14.3 Å². The Hall–Kier alpha value is -2.96. The Morgan fingerprint density at radius 1 is 1.25 bits per heavy atom. The second kappa shape index (κ2) is 6.27. The average molecular weight is 326 g/mol. The Bertz CT molecular complexity index is 918. The van der Waals surface area contributed by atoms with Gasteiger partial charge in [-0.3, -0.25) is 0 Å². The number of rotatable bonds is 4. The van der Waals surface area contributed by atoms with Gasteiger partial charge in [0.25, 0.3) is 0 Å². The summed E-state index contributed by atoms with van der Waals surface area (Å²) >= 11 is 0. The third-order valence-electron chi connectivity index (χ3n) is 3.86. The van der Waals surface area contributed by atoms with E-state index in [2.05, 4.69) is 15.3 Å². The number of carbonyl (C=O) groups excluding carboxylic acids is 1. The normalized spacial score (nSPS) is 10.8. The molecule has 0 N–H and O–H groups in total. The topological polar surface area (TPSA) is 79.1 Å². The van der Waals surface area contributed by atoms with Crippen LogP contribution in [0.15, 0.2) is 24.3 Å². The van der Waals surface area contributed by atoms with Crippen LogP contribution in [0.2, 0.25) is 0 Å². The van der Waals surface area contributed by atoms with Crippen LogP contribution in [-0.2, 0) is 18.4 Å². The second-order valence-corrected chi connectivity index (χ2v) is 5.54. The van der Waals surface area contributed by atoms with Crippen molar-refractivity contribution in [3.63, 3.8) is 0 Å². The van der Waals surface area contributed by atoms with Gasteiger partial charge in [0, 0.05) is 12.6 Å². The first kappa shape index (κ1) is 15.9. The number of esters is 1. The first-order valence-corrected chi connectivity index (χ1v) is 7.48. The molecule has 0 radical (unpaired) electrons. The molecule has 0 spiro atoms. The molecule has 0 bridgehead atoms. The van der Waals surface area contributed by atoms with Crippen LogP contribution >= 0.6 is 0 Å². The maximum Gasteiger partial charge on any atom is 0.340 e. The number of hydrogen-bond donors (Lipinski definition) is 0. The first-order chi connectivity index (χ1) is 11.5. The third-order valence-corrected chi connectivity index (χ3v) is 3.86. The van der Waals surface area contributed by atoms with Crippen molar-refractivity contribution in [3.8, 4) is 5.88 Å². The van der Waals surface area contributed by atoms with Crippen molar-refractivity contribution >= 4 is 17.0 Å². The van der Waals surface area contributed by atoms with Crippen molar-refractivity contribution in [2.45, 2.75) is 20.5 Å². The average Bonchev–Trinajstić information content (AvgIpc) is 2.95. The van der Waals surface area contributed by atoms with E-state index in [0.29, 0.717) is 22.7 Å². The lowest BCUT2D eigenvalue weighted by atomic mass is 10.1. The molecule has 0 saturated heterocycles. The summed E-state index contributed by atoms with van der Waals surface area (Å²) in [5.74, 6) is 0.0736. The molecule has 0 aliphatic rings. The first-order valence-electron chi connectivity index (χ1n) is 7.48. The van der Waals surface area contributed by atoms with Gasteiger partial charge >= 0.3 is 5.97 Å². The SMILES string of the molecule is COc1nc(COC(=O)c2cccc3c2nnn3C)c(C)cc1C. The minimum atomic E-state index is -0.457. The Kier molecular flexibility index (Phi) is 4.16. The van der Waals surface area contributed by atoms with Crippen molar-refractivity contribution in [2.75, 3.05) is 7.11 Å². The maximum atomic E-state index is 12.4. The number of benzene rings is 1. The van der Waals surface area contributed by atoms with Crippen LogP contribution < -0.4 is 4.74 Å². The van der Waals surface area contributed by atoms with Crippen LogP contribution in [0, 0.1) is 13.8 Å². The number of carbonyl (C=O) groups is 1. The summed E-state index contributed by atoms with van der Waals surface area (Å²) in [7, 11) is 3.34. The van der Waals surface area contributed by atoms with Gasteiger partial charge in [0.05, 0.1) is 23.9 Å². The molecule has 124 valence electrons. The lowest BCUT2D eigenvalue weighted by Crippen LogP contribution is -2.09. The third kappa shape index (κ3) is 2.80. The molecule has 0 unspecified atom stereocenters. The van der Waals surface area contributed by atoms with E-state index in [0.717, 1.165) is 16.6 Å². The van der Waals surface area contributed by atoms with Gasteiger partial charge in [0.1, 0.15) is 12.1 Å². The molecule has 7 nitrogen and oxygen atoms in total. The Morgan fingerprint density at radius 2 is 2.04 bits per heavy atom. The number of fused-ring (bicyclic) bond motifs is 1. The fourth-order valence-corrected chi connectivity index (χ4v) is 2.56. The smallest absolute Gasteiger partial charge is 0.340 e. The molecular formula is C17H18N4O3. The van der Waals surface area contributed by atoms with Crippen LogP contribution in [0.25, 0.3) is 11.0 Å². The zero-order chi connectivity index (χ0) is 17.3. The molecule has 0 fully saturated rings. The predicted octanol–water partition coefficient (Wildman–Crippen LogP) is 2.35. The second-order valence-electron chi connectivity index (χ2n) is 5.54. The summed E-state index contributed by atoms with van der Waals surface area (Å²) in [4.78, 5) is 16.8. The van der Waals surface area contributed by atoms with E-state index in [1.54, 1.807) is 31.0 Å². The maximum absolute atomic E-state index is 12.4. The molecule has 7 heteroatoms. The van der Waals surface area contributed by atoms with Gasteiger partial charge in [0.15, 0.2) is 0 Å². The molecule has 2 heterocycles. The monoisotopic (exact) mass is 326 g/mol. The summed E-state index contributed by atoms with van der Waals surface area (Å²) in [6.07, 6.45) is 0. The van der Waals surface area contributed by atoms with Gasteiger partial charge < -0.3 is 9.47 Å². The van der Waals surface area contributed by atoms with Gasteiger partial charge in [0.2, 0.25) is 5.88 Å². The summed E-state index contributed by atoms with van der Waals surface area (Å²) in [5.41, 5.74) is 4.23. The number of hydrogen-bond acceptors (Lipinski definition) is 6. The highest BCUT2D eigenvalue weighted by molar-refractivity contribution is 6.01. The van der Waals surface area contributed by atoms with E-state index in [9.17, 15) is 4.79 Å². The van der Waals surface area contributed by atoms with E-state index >= 15 is 0 Å². The van der Waals surface area contributed by atoms with Crippen LogP contribution in [0.5, 0.6) is 5.88 Å². The van der Waals surface area contributed by atoms with Crippen LogP contribution in [0.3, 0.4) is 0 Å². The zero-order valence-corrected chi connectivity index (χ0v) is 14.0. The summed E-state index contributed by atoms with van der Waals surface area (Å²) in [6, 6.07) is 7.26. The van der Waals surface area contributed by atoms with Crippen molar-refractivity contribution in [1.82, 2.24) is 20.0 Å². The van der Waals surface area contributed by atoms with E-state index in [-0.39, 0.29) is 6.61 Å². The number of pyridine rings is 1. The summed E-state index contributed by atoms with van der Waals surface area (Å²) in [6.45, 7) is 3.91. The molecule has 0 amide bonds. The fraction of sp³-hybridized carbons (Fsp3) is 0.294. The lowest BCUT2D eigenvalue weighted by molar-refractivity contribution is 0.0468. The predicted molar refractivity (Wildman–Crippen MR) is 87.9 cm³/mol. The molecule has 3 rings (SSSR count). The van der Waals surface area contributed by atoms with Gasteiger partial charge in [-0.15, -0.1) is 5.10 Å². The zero-order valence-electron chi connectivity index (χ0n) is 14.0. The van der Waals surface area contributed by atoms with Crippen molar-refractivity contribution in [2.24, 2.45) is 7.05 Å². The van der Waals surface area contributed by atoms with E-state index in [1.165, 1.54) is 0 Å². The van der Waals surface area contributed by atoms with E-state index < -0.39 is 5.97 Å². The fourth-order valence-electron chi connectivity index (χ4n) is 2.56. The molecule has 0 aliphatic carbocycles. The van der Waals surface area contributed by atoms with Gasteiger partial charge in [-0.2, -0.15) is 0 Å². The highest BCUT2D eigenvalue weighted by Gasteiger charge is 2.16. The minimum Gasteiger partial charge on any atom is -0.481 e. The number of ether oxygens (including phenoxy) is 2. The Balaban J connectivity index is 1.83. The van der Waals surface area contributed by atoms with Crippen LogP contribution in [0.4, 0.5) is 0 Å². The molecule has 2 aromatic heterocycles. The van der Waals surface area contributed by atoms with Gasteiger partial charge in [-0.25, -0.2) is 14.5 Å². The number of aryl methyl sites for hydroxylation is 3. The van der Waals surface area contributed by atoms with Crippen molar-refractivity contribution in [1.29, 1.82) is 0 Å². The lowest BCUT2D eigenvalue weighted by Gasteiger charge is -2.11. The largest absolute Gasteiger partial charge is 0.481 e. The van der Waals surface area contributed by atoms with Gasteiger partial charge in [-0.05, 0) is 37.6 Å². The Morgan fingerprint density at radius 3 is 2.79 bits per heavy atom. The van der Waals surface area contributed by atoms with Crippen LogP contribution in [0.1, 0.15) is 27.2 Å². The molecule has 1 aromatic carbocycles. The molecule has 24 heavy (non-hydrogen) atoms. The summed E-state index contributed by atoms with van der Waals surface area (Å²) < 4.78 is 12.3. The van der Waals surface area contributed by atoms with E-state index in [1.807, 2.05) is 26.0 Å². The highest BCUT2D eigenvalue weighted by atomic mass is 16.5. The molecular weight excluding hydrogens is 308 g/mol. The number of nitrogens with zero attached hydrogens (tertiary/aromatic N) is 4. The minimum absolute atomic E-state index is 0.0674. The number of aromatic nitrogens is 4. The molecule has 3 aromatic rings. The highest BCUT2D eigenvalue weighted by Crippen LogP contribution is 2.20. The Labute approximate surface area is 139 Å². The van der Waals surface area contributed by atoms with E-state index in [4.69, 9.17) is 9.47 Å².